The Morgan fingerprint density at radius 3 is 2.79 bits per heavy atom. The zero-order valence-electron chi connectivity index (χ0n) is 14.8. The van der Waals surface area contributed by atoms with Gasteiger partial charge in [0, 0.05) is 29.7 Å². The summed E-state index contributed by atoms with van der Waals surface area (Å²) in [5.74, 6) is -0.406. The molecule has 0 radical (unpaired) electrons. The summed E-state index contributed by atoms with van der Waals surface area (Å²) >= 11 is 12.1. The normalized spacial score (nSPS) is 10.9. The summed E-state index contributed by atoms with van der Waals surface area (Å²) < 4.78 is 14.9. The van der Waals surface area contributed by atoms with Crippen LogP contribution in [0.1, 0.15) is 5.56 Å². The van der Waals surface area contributed by atoms with Gasteiger partial charge >= 0.3 is 0 Å². The first-order valence-electron chi connectivity index (χ1n) is 8.29. The minimum Gasteiger partial charge on any atom is -0.329 e. The minimum absolute atomic E-state index is 0.0160. The number of tetrazole rings is 1. The molecule has 1 aromatic carbocycles. The minimum atomic E-state index is -0.643. The van der Waals surface area contributed by atoms with Crippen molar-refractivity contribution in [3.8, 4) is 16.9 Å². The van der Waals surface area contributed by atoms with Crippen molar-refractivity contribution in [2.24, 2.45) is 0 Å². The Bertz CT molecular complexity index is 1270. The van der Waals surface area contributed by atoms with Gasteiger partial charge in [0.15, 0.2) is 0 Å². The third kappa shape index (κ3) is 3.57. The van der Waals surface area contributed by atoms with Gasteiger partial charge in [-0.25, -0.2) is 4.39 Å². The summed E-state index contributed by atoms with van der Waals surface area (Å²) in [6.07, 6.45) is 3.15. The first-order chi connectivity index (χ1) is 14.0. The monoisotopic (exact) mass is 431 g/mol. The van der Waals surface area contributed by atoms with Gasteiger partial charge in [0.05, 0.1) is 21.4 Å². The maximum Gasteiger partial charge on any atom is 0.252 e. The zero-order chi connectivity index (χ0) is 20.5. The maximum absolute atomic E-state index is 13.6. The number of benzene rings is 1. The fourth-order valence-corrected chi connectivity index (χ4v) is 3.17. The van der Waals surface area contributed by atoms with Crippen LogP contribution in [-0.2, 0) is 0 Å². The molecule has 11 heteroatoms. The molecule has 29 heavy (non-hydrogen) atoms. The molecule has 0 fully saturated rings. The van der Waals surface area contributed by atoms with Gasteiger partial charge in [-0.05, 0) is 47.2 Å². The van der Waals surface area contributed by atoms with Crippen LogP contribution in [0.15, 0.2) is 47.5 Å². The van der Waals surface area contributed by atoms with Gasteiger partial charge < -0.3 is 10.3 Å². The van der Waals surface area contributed by atoms with E-state index in [1.807, 2.05) is 6.92 Å². The van der Waals surface area contributed by atoms with Crippen molar-refractivity contribution in [1.82, 2.24) is 30.2 Å². The van der Waals surface area contributed by atoms with Crippen LogP contribution in [0.25, 0.3) is 16.9 Å². The molecule has 0 spiro atoms. The number of rotatable bonds is 4. The van der Waals surface area contributed by atoms with Crippen LogP contribution < -0.4 is 10.9 Å². The van der Waals surface area contributed by atoms with E-state index in [0.717, 1.165) is 5.56 Å². The molecule has 0 aliphatic rings. The Morgan fingerprint density at radius 1 is 1.17 bits per heavy atom. The third-order valence-electron chi connectivity index (χ3n) is 4.21. The number of hydrogen-bond acceptors (Lipinski definition) is 6. The fourth-order valence-electron chi connectivity index (χ4n) is 2.78. The molecule has 3 aromatic heterocycles. The summed E-state index contributed by atoms with van der Waals surface area (Å²) in [4.78, 5) is 18.6. The van der Waals surface area contributed by atoms with Crippen LogP contribution in [-0.4, -0.2) is 30.2 Å². The van der Waals surface area contributed by atoms with Crippen molar-refractivity contribution >= 4 is 34.8 Å². The van der Waals surface area contributed by atoms with Crippen molar-refractivity contribution in [1.29, 1.82) is 0 Å². The van der Waals surface area contributed by atoms with Crippen molar-refractivity contribution in [2.75, 3.05) is 5.32 Å². The summed E-state index contributed by atoms with van der Waals surface area (Å²) in [7, 11) is 0. The Morgan fingerprint density at radius 2 is 2.00 bits per heavy atom. The van der Waals surface area contributed by atoms with Crippen LogP contribution in [0.2, 0.25) is 10.0 Å². The topological polar surface area (TPSA) is 101 Å². The van der Waals surface area contributed by atoms with Crippen LogP contribution >= 0.6 is 23.2 Å². The summed E-state index contributed by atoms with van der Waals surface area (Å²) in [5.41, 5.74) is 2.82. The summed E-state index contributed by atoms with van der Waals surface area (Å²) in [5, 5.41) is 14.4. The lowest BCUT2D eigenvalue weighted by atomic mass is 10.1. The first-order valence-corrected chi connectivity index (χ1v) is 9.05. The highest BCUT2D eigenvalue weighted by molar-refractivity contribution is 6.43. The van der Waals surface area contributed by atoms with Crippen LogP contribution in [0.5, 0.6) is 0 Å². The lowest BCUT2D eigenvalue weighted by Crippen LogP contribution is -2.07. The first kappa shape index (κ1) is 19.0. The number of anilines is 2. The Balaban J connectivity index is 1.74. The van der Waals surface area contributed by atoms with Gasteiger partial charge in [-0.1, -0.05) is 28.3 Å². The fraction of sp³-hybridized carbons (Fsp3) is 0.0556. The van der Waals surface area contributed by atoms with E-state index in [1.165, 1.54) is 22.9 Å². The van der Waals surface area contributed by atoms with Crippen molar-refractivity contribution in [3.63, 3.8) is 0 Å². The molecule has 2 N–H and O–H groups in total. The number of hydrogen-bond donors (Lipinski definition) is 2. The van der Waals surface area contributed by atoms with Crippen LogP contribution in [0.3, 0.4) is 0 Å². The van der Waals surface area contributed by atoms with E-state index in [4.69, 9.17) is 23.2 Å². The molecule has 4 aromatic rings. The van der Waals surface area contributed by atoms with Gasteiger partial charge in [0.1, 0.15) is 5.82 Å². The van der Waals surface area contributed by atoms with Gasteiger partial charge in [-0.3, -0.25) is 9.78 Å². The molecule has 0 aliphatic heterocycles. The number of nitrogens with one attached hydrogen (secondary N) is 2. The smallest absolute Gasteiger partial charge is 0.252 e. The van der Waals surface area contributed by atoms with E-state index in [1.54, 1.807) is 24.5 Å². The molecule has 0 saturated carbocycles. The number of nitrogens with zero attached hydrogens (tertiary/aromatic N) is 5. The quantitative estimate of drug-likeness (QED) is 0.475. The van der Waals surface area contributed by atoms with Crippen molar-refractivity contribution in [3.05, 3.63) is 74.5 Å². The largest absolute Gasteiger partial charge is 0.329 e. The van der Waals surface area contributed by atoms with Gasteiger partial charge in [-0.15, -0.1) is 0 Å². The molecular formula is C18H12Cl2FN7O. The molecule has 0 saturated heterocycles. The number of aromatic nitrogens is 6. The zero-order valence-corrected chi connectivity index (χ0v) is 16.3. The molecular weight excluding hydrogens is 420 g/mol. The predicted octanol–water partition coefficient (Wildman–Crippen LogP) is 3.91. The Hall–Kier alpha value is -3.30. The van der Waals surface area contributed by atoms with Crippen LogP contribution in [0.4, 0.5) is 16.0 Å². The standard InChI is InChI=1S/C18H12Cl2FN7O/c1-9-12(5-7-23-17(9)10-4-6-22-14(29)8-10)24-18-25-26-27-28(18)13-3-2-11(21)15(19)16(13)20/h2-8H,1H3,(H,22,29)(H,23,24,25,27). The SMILES string of the molecule is Cc1c(Nc2nnnn2-c2ccc(F)c(Cl)c2Cl)ccnc1-c1cc[nH]c(=O)c1. The van der Waals surface area contributed by atoms with Gasteiger partial charge in [0.25, 0.3) is 5.95 Å². The molecule has 4 rings (SSSR count). The van der Waals surface area contributed by atoms with E-state index in [2.05, 4.69) is 30.8 Å². The van der Waals surface area contributed by atoms with E-state index in [0.29, 0.717) is 22.6 Å². The third-order valence-corrected chi connectivity index (χ3v) is 5.06. The van der Waals surface area contributed by atoms with Crippen molar-refractivity contribution in [2.45, 2.75) is 6.92 Å². The number of halogens is 3. The van der Waals surface area contributed by atoms with Crippen LogP contribution in [0, 0.1) is 12.7 Å². The Kier molecular flexibility index (Phi) is 4.99. The van der Waals surface area contributed by atoms with E-state index < -0.39 is 5.82 Å². The van der Waals surface area contributed by atoms with Gasteiger partial charge in [0.2, 0.25) is 5.56 Å². The highest BCUT2D eigenvalue weighted by Crippen LogP contribution is 2.33. The number of pyridine rings is 2. The molecule has 0 unspecified atom stereocenters. The van der Waals surface area contributed by atoms with E-state index >= 15 is 0 Å². The molecule has 146 valence electrons. The summed E-state index contributed by atoms with van der Waals surface area (Å²) in [6, 6.07) is 7.56. The molecule has 0 atom stereocenters. The maximum atomic E-state index is 13.6. The molecule has 0 amide bonds. The second-order valence-corrected chi connectivity index (χ2v) is 6.76. The average Bonchev–Trinajstić information content (AvgIpc) is 3.16. The molecule has 8 nitrogen and oxygen atoms in total. The number of aromatic amines is 1. The molecule has 0 bridgehead atoms. The molecule has 0 aliphatic carbocycles. The van der Waals surface area contributed by atoms with E-state index in [9.17, 15) is 9.18 Å². The highest BCUT2D eigenvalue weighted by Gasteiger charge is 2.17. The summed E-state index contributed by atoms with van der Waals surface area (Å²) in [6.45, 7) is 1.85. The van der Waals surface area contributed by atoms with E-state index in [-0.39, 0.29) is 21.6 Å². The highest BCUT2D eigenvalue weighted by atomic mass is 35.5. The number of H-pyrrole nitrogens is 1. The second kappa shape index (κ2) is 7.61. The lowest BCUT2D eigenvalue weighted by Gasteiger charge is -2.13. The lowest BCUT2D eigenvalue weighted by molar-refractivity contribution is 0.627. The molecule has 3 heterocycles. The second-order valence-electron chi connectivity index (χ2n) is 6.01. The average molecular weight is 432 g/mol. The van der Waals surface area contributed by atoms with Crippen molar-refractivity contribution < 1.29 is 4.39 Å². The Labute approximate surface area is 173 Å². The predicted molar refractivity (Wildman–Crippen MR) is 107 cm³/mol. The van der Waals surface area contributed by atoms with Gasteiger partial charge in [-0.2, -0.15) is 4.68 Å².